The highest BCUT2D eigenvalue weighted by molar-refractivity contribution is 6.11. The number of nitrogens with one attached hydrogen (secondary N) is 2. The van der Waals surface area contributed by atoms with E-state index in [1.807, 2.05) is 66.8 Å². The lowest BCUT2D eigenvalue weighted by atomic mass is 10.1. The molecule has 28 heavy (non-hydrogen) atoms. The number of fused-ring (bicyclic) bond motifs is 8. The van der Waals surface area contributed by atoms with Gasteiger partial charge in [0.2, 0.25) is 0 Å². The van der Waals surface area contributed by atoms with Gasteiger partial charge in [0.1, 0.15) is 0 Å². The zero-order valence-corrected chi connectivity index (χ0v) is 14.9. The van der Waals surface area contributed by atoms with Gasteiger partial charge in [-0.2, -0.15) is 0 Å². The summed E-state index contributed by atoms with van der Waals surface area (Å²) < 4.78 is 0. The van der Waals surface area contributed by atoms with Crippen LogP contribution >= 0.6 is 0 Å². The van der Waals surface area contributed by atoms with E-state index in [-0.39, 0.29) is 5.78 Å². The Morgan fingerprint density at radius 1 is 0.786 bits per heavy atom. The van der Waals surface area contributed by atoms with Gasteiger partial charge in [0.15, 0.2) is 5.78 Å². The van der Waals surface area contributed by atoms with Crippen molar-refractivity contribution in [2.75, 3.05) is 0 Å². The number of ketones is 1. The van der Waals surface area contributed by atoms with Crippen molar-refractivity contribution in [1.82, 2.24) is 19.9 Å². The molecule has 3 aromatic rings. The number of aromatic nitrogens is 4. The van der Waals surface area contributed by atoms with Gasteiger partial charge in [-0.05, 0) is 72.8 Å². The third kappa shape index (κ3) is 2.89. The van der Waals surface area contributed by atoms with Gasteiger partial charge in [-0.3, -0.25) is 4.79 Å². The van der Waals surface area contributed by atoms with Gasteiger partial charge in [0, 0.05) is 16.6 Å². The third-order valence-electron chi connectivity index (χ3n) is 4.65. The van der Waals surface area contributed by atoms with Crippen molar-refractivity contribution < 1.29 is 4.79 Å². The van der Waals surface area contributed by atoms with Crippen molar-refractivity contribution in [3.63, 3.8) is 0 Å². The molecule has 3 aromatic heterocycles. The van der Waals surface area contributed by atoms with E-state index in [0.717, 1.165) is 33.6 Å². The predicted molar refractivity (Wildman–Crippen MR) is 113 cm³/mol. The molecule has 2 N–H and O–H groups in total. The highest BCUT2D eigenvalue weighted by atomic mass is 16.1. The minimum absolute atomic E-state index is 0.176. The average molecular weight is 364 g/mol. The second kappa shape index (κ2) is 6.32. The van der Waals surface area contributed by atoms with Gasteiger partial charge in [-0.15, -0.1) is 0 Å². The molecular weight excluding hydrogens is 348 g/mol. The van der Waals surface area contributed by atoms with Gasteiger partial charge in [0.25, 0.3) is 0 Å². The number of hydrogen-bond acceptors (Lipinski definition) is 3. The summed E-state index contributed by atoms with van der Waals surface area (Å²) in [6, 6.07) is 13.7. The molecule has 0 saturated carbocycles. The Morgan fingerprint density at radius 2 is 1.36 bits per heavy atom. The van der Waals surface area contributed by atoms with E-state index in [1.54, 1.807) is 0 Å². The van der Waals surface area contributed by atoms with Gasteiger partial charge in [-0.1, -0.05) is 6.58 Å². The molecule has 8 bridgehead atoms. The molecule has 0 spiro atoms. The number of hydrogen-bond donors (Lipinski definition) is 2. The summed E-state index contributed by atoms with van der Waals surface area (Å²) in [7, 11) is 0. The molecule has 0 radical (unpaired) electrons. The Morgan fingerprint density at radius 3 is 2.04 bits per heavy atom. The summed E-state index contributed by atoms with van der Waals surface area (Å²) in [6.07, 6.45) is 9.00. The van der Waals surface area contributed by atoms with Gasteiger partial charge < -0.3 is 9.97 Å². The molecule has 2 aliphatic rings. The molecule has 5 heterocycles. The lowest BCUT2D eigenvalue weighted by molar-refractivity contribution is 0.104. The largest absolute Gasteiger partial charge is 0.355 e. The van der Waals surface area contributed by atoms with Crippen LogP contribution < -0.4 is 0 Å². The standard InChI is InChI=1S/C23H16N4O/c1-2-22(28)23-20-9-7-18(26-20)12-16-5-3-14(24-16)11-15-4-6-17(25-15)13-19-8-10-21(23)27-19/h2-13,24,27H,1H2. The number of rotatable bonds is 2. The first-order valence-electron chi connectivity index (χ1n) is 8.92. The summed E-state index contributed by atoms with van der Waals surface area (Å²) >= 11 is 0. The maximum atomic E-state index is 12.6. The lowest BCUT2D eigenvalue weighted by Crippen LogP contribution is -1.98. The van der Waals surface area contributed by atoms with Crippen LogP contribution in [0.15, 0.2) is 55.1 Å². The summed E-state index contributed by atoms with van der Waals surface area (Å²) in [4.78, 5) is 28.5. The Balaban J connectivity index is 1.90. The number of allylic oxidation sites excluding steroid dienone is 1. The third-order valence-corrected chi connectivity index (χ3v) is 4.65. The van der Waals surface area contributed by atoms with Crippen molar-refractivity contribution in [2.24, 2.45) is 0 Å². The first-order chi connectivity index (χ1) is 13.7. The smallest absolute Gasteiger partial charge is 0.189 e. The number of nitrogens with zero attached hydrogens (tertiary/aromatic N) is 2. The molecule has 5 heteroatoms. The fourth-order valence-electron chi connectivity index (χ4n) is 3.37. The van der Waals surface area contributed by atoms with Crippen LogP contribution in [0, 0.1) is 0 Å². The predicted octanol–water partition coefficient (Wildman–Crippen LogP) is 5.02. The molecule has 134 valence electrons. The summed E-state index contributed by atoms with van der Waals surface area (Å²) in [5, 5.41) is 0. The quantitative estimate of drug-likeness (QED) is 0.341. The first kappa shape index (κ1) is 16.2. The number of aromatic amines is 2. The molecular formula is C23H16N4O. The second-order valence-corrected chi connectivity index (χ2v) is 6.62. The fraction of sp³-hybridized carbons (Fsp3) is 0. The van der Waals surface area contributed by atoms with Crippen molar-refractivity contribution in [3.05, 3.63) is 83.5 Å². The molecule has 5 nitrogen and oxygen atoms in total. The van der Waals surface area contributed by atoms with E-state index in [9.17, 15) is 4.79 Å². The lowest BCUT2D eigenvalue weighted by Gasteiger charge is -1.97. The minimum atomic E-state index is -0.176. The maximum absolute atomic E-state index is 12.6. The van der Waals surface area contributed by atoms with Gasteiger partial charge >= 0.3 is 0 Å². The molecule has 0 atom stereocenters. The zero-order chi connectivity index (χ0) is 19.1. The second-order valence-electron chi connectivity index (χ2n) is 6.62. The molecule has 0 amide bonds. The van der Waals surface area contributed by atoms with Crippen LogP contribution in [0.1, 0.15) is 33.1 Å². The van der Waals surface area contributed by atoms with Crippen LogP contribution in [-0.4, -0.2) is 25.7 Å². The SMILES string of the molecule is C=CC(=O)c1c2nc(cc3ccc(cc4nc(cc5ccc1[nH]5)C=C4)[nH]3)C=C2. The molecule has 0 fully saturated rings. The van der Waals surface area contributed by atoms with Crippen LogP contribution in [0.4, 0.5) is 0 Å². The van der Waals surface area contributed by atoms with Crippen LogP contribution in [0.2, 0.25) is 0 Å². The Kier molecular flexibility index (Phi) is 3.66. The van der Waals surface area contributed by atoms with E-state index >= 15 is 0 Å². The average Bonchev–Trinajstić information content (AvgIpc) is 3.46. The Hall–Kier alpha value is -3.99. The van der Waals surface area contributed by atoms with E-state index in [0.29, 0.717) is 16.8 Å². The number of H-pyrrole nitrogens is 2. The molecule has 0 aromatic carbocycles. The molecule has 0 unspecified atom stereocenters. The number of carbonyl (C=O) groups is 1. The highest BCUT2D eigenvalue weighted by Gasteiger charge is 2.13. The zero-order valence-electron chi connectivity index (χ0n) is 14.9. The molecule has 2 aliphatic heterocycles. The highest BCUT2D eigenvalue weighted by Crippen LogP contribution is 2.21. The normalized spacial score (nSPS) is 12.3. The fourth-order valence-corrected chi connectivity index (χ4v) is 3.37. The summed E-state index contributed by atoms with van der Waals surface area (Å²) in [5.74, 6) is -0.176. The van der Waals surface area contributed by atoms with E-state index in [4.69, 9.17) is 0 Å². The summed E-state index contributed by atoms with van der Waals surface area (Å²) in [6.45, 7) is 3.64. The minimum Gasteiger partial charge on any atom is -0.355 e. The van der Waals surface area contributed by atoms with Crippen LogP contribution in [0.5, 0.6) is 0 Å². The van der Waals surface area contributed by atoms with E-state index in [2.05, 4.69) is 26.5 Å². The van der Waals surface area contributed by atoms with E-state index < -0.39 is 0 Å². The first-order valence-corrected chi connectivity index (χ1v) is 8.92. The van der Waals surface area contributed by atoms with Crippen molar-refractivity contribution in [3.8, 4) is 0 Å². The molecule has 0 saturated heterocycles. The van der Waals surface area contributed by atoms with E-state index in [1.165, 1.54) is 6.08 Å². The van der Waals surface area contributed by atoms with Crippen LogP contribution in [0.3, 0.4) is 0 Å². The monoisotopic (exact) mass is 364 g/mol. The maximum Gasteiger partial charge on any atom is 0.189 e. The summed E-state index contributed by atoms with van der Waals surface area (Å²) in [5.41, 5.74) is 7.07. The topological polar surface area (TPSA) is 74.4 Å². The Labute approximate surface area is 160 Å². The van der Waals surface area contributed by atoms with Crippen molar-refractivity contribution in [2.45, 2.75) is 0 Å². The van der Waals surface area contributed by atoms with Crippen molar-refractivity contribution >= 4 is 52.2 Å². The molecule has 0 aliphatic carbocycles. The van der Waals surface area contributed by atoms with Crippen LogP contribution in [0.25, 0.3) is 46.4 Å². The van der Waals surface area contributed by atoms with Gasteiger partial charge in [-0.25, -0.2) is 9.97 Å². The molecule has 5 rings (SSSR count). The number of carbonyl (C=O) groups excluding carboxylic acids is 1. The Bertz CT molecular complexity index is 1350. The van der Waals surface area contributed by atoms with Gasteiger partial charge in [0.05, 0.1) is 33.9 Å². The van der Waals surface area contributed by atoms with Crippen molar-refractivity contribution in [1.29, 1.82) is 0 Å². The van der Waals surface area contributed by atoms with Crippen LogP contribution in [-0.2, 0) is 0 Å².